The van der Waals surface area contributed by atoms with E-state index in [1.807, 2.05) is 0 Å². The molecule has 0 saturated heterocycles. The zero-order valence-electron chi connectivity index (χ0n) is 13.9. The van der Waals surface area contributed by atoms with Gasteiger partial charge in [0.15, 0.2) is 5.78 Å². The maximum absolute atomic E-state index is 12.3. The monoisotopic (exact) mass is 328 g/mol. The number of ketones is 1. The van der Waals surface area contributed by atoms with Crippen LogP contribution in [0, 0.1) is 0 Å². The Morgan fingerprint density at radius 1 is 1.08 bits per heavy atom. The van der Waals surface area contributed by atoms with Gasteiger partial charge in [-0.25, -0.2) is 0 Å². The van der Waals surface area contributed by atoms with Crippen LogP contribution in [0.15, 0.2) is 18.2 Å². The van der Waals surface area contributed by atoms with Crippen molar-refractivity contribution >= 4 is 23.3 Å². The lowest BCUT2D eigenvalue weighted by Crippen LogP contribution is -2.34. The van der Waals surface area contributed by atoms with Crippen LogP contribution in [-0.4, -0.2) is 23.6 Å². The van der Waals surface area contributed by atoms with Crippen molar-refractivity contribution in [1.29, 1.82) is 0 Å². The van der Waals surface area contributed by atoms with Crippen LogP contribution in [-0.2, 0) is 16.0 Å². The van der Waals surface area contributed by atoms with E-state index in [9.17, 15) is 14.4 Å². The fourth-order valence-electron chi connectivity index (χ4n) is 3.50. The van der Waals surface area contributed by atoms with Gasteiger partial charge in [-0.2, -0.15) is 0 Å². The fraction of sp³-hybridized carbons (Fsp3) is 0.526. The van der Waals surface area contributed by atoms with Crippen LogP contribution in [0.2, 0.25) is 0 Å². The first-order chi connectivity index (χ1) is 11.6. The first-order valence-corrected chi connectivity index (χ1v) is 8.87. The van der Waals surface area contributed by atoms with E-state index in [1.54, 1.807) is 18.2 Å². The summed E-state index contributed by atoms with van der Waals surface area (Å²) in [5.74, 6) is -0.126. The number of amides is 2. The number of carbonyl (C=O) groups is 3. The molecule has 24 heavy (non-hydrogen) atoms. The summed E-state index contributed by atoms with van der Waals surface area (Å²) in [7, 11) is 0. The molecule has 1 heterocycles. The Kier molecular flexibility index (Phi) is 5.28. The zero-order valence-corrected chi connectivity index (χ0v) is 13.9. The van der Waals surface area contributed by atoms with Crippen LogP contribution in [0.25, 0.3) is 0 Å². The Morgan fingerprint density at radius 3 is 2.58 bits per heavy atom. The molecule has 0 atom stereocenters. The molecule has 0 radical (unpaired) electrons. The van der Waals surface area contributed by atoms with E-state index in [0.29, 0.717) is 12.0 Å². The summed E-state index contributed by atoms with van der Waals surface area (Å²) in [5, 5.41) is 5.82. The molecular formula is C19H24N2O3. The molecule has 0 spiro atoms. The van der Waals surface area contributed by atoms with E-state index in [0.717, 1.165) is 24.1 Å². The van der Waals surface area contributed by atoms with Gasteiger partial charge in [0, 0.05) is 30.1 Å². The summed E-state index contributed by atoms with van der Waals surface area (Å²) in [5.41, 5.74) is 2.21. The van der Waals surface area contributed by atoms with Crippen LogP contribution < -0.4 is 10.6 Å². The second-order valence-electron chi connectivity index (χ2n) is 6.78. The van der Waals surface area contributed by atoms with Gasteiger partial charge in [-0.3, -0.25) is 14.4 Å². The normalized spacial score (nSPS) is 17.8. The smallest absolute Gasteiger partial charge is 0.228 e. The molecule has 2 aliphatic rings. The molecule has 3 rings (SSSR count). The second kappa shape index (κ2) is 7.60. The number of rotatable bonds is 5. The highest BCUT2D eigenvalue weighted by atomic mass is 16.2. The number of anilines is 1. The van der Waals surface area contributed by atoms with E-state index < -0.39 is 0 Å². The van der Waals surface area contributed by atoms with E-state index in [1.165, 1.54) is 25.7 Å². The van der Waals surface area contributed by atoms with Gasteiger partial charge in [-0.1, -0.05) is 25.7 Å². The maximum Gasteiger partial charge on any atom is 0.228 e. The number of Topliss-reactive ketones (excluding diaryl/α,β-unsaturated/α-hetero) is 1. The van der Waals surface area contributed by atoms with Crippen LogP contribution >= 0.6 is 0 Å². The number of nitrogens with one attached hydrogen (secondary N) is 2. The summed E-state index contributed by atoms with van der Waals surface area (Å²) in [6.45, 7) is 0. The number of benzene rings is 1. The summed E-state index contributed by atoms with van der Waals surface area (Å²) < 4.78 is 0. The third kappa shape index (κ3) is 4.22. The van der Waals surface area contributed by atoms with Gasteiger partial charge in [-0.15, -0.1) is 0 Å². The highest BCUT2D eigenvalue weighted by Gasteiger charge is 2.20. The van der Waals surface area contributed by atoms with Gasteiger partial charge in [0.25, 0.3) is 0 Å². The lowest BCUT2D eigenvalue weighted by atomic mass is 10.0. The van der Waals surface area contributed by atoms with Gasteiger partial charge < -0.3 is 10.6 Å². The summed E-state index contributed by atoms with van der Waals surface area (Å²) >= 11 is 0. The van der Waals surface area contributed by atoms with Crippen LogP contribution in [0.3, 0.4) is 0 Å². The molecular weight excluding hydrogens is 304 g/mol. The van der Waals surface area contributed by atoms with Crippen molar-refractivity contribution in [3.8, 4) is 0 Å². The van der Waals surface area contributed by atoms with Gasteiger partial charge in [-0.05, 0) is 36.6 Å². The molecule has 1 aromatic carbocycles. The first-order valence-electron chi connectivity index (χ1n) is 8.87. The molecule has 2 amide bonds. The van der Waals surface area contributed by atoms with E-state index >= 15 is 0 Å². The lowest BCUT2D eigenvalue weighted by molar-refractivity contribution is -0.121. The third-order valence-corrected chi connectivity index (χ3v) is 4.85. The number of fused-ring (bicyclic) bond motifs is 1. The summed E-state index contributed by atoms with van der Waals surface area (Å²) in [6.07, 6.45) is 7.69. The minimum absolute atomic E-state index is 0.0340. The standard InChI is InChI=1S/C19H24N2O3/c22-17(13-7-8-16-14(11-13)12-19(24)21-16)9-10-18(23)20-15-5-3-1-2-4-6-15/h7-8,11,15H,1-6,9-10,12H2,(H,20,23)(H,21,24). The Hall–Kier alpha value is -2.17. The van der Waals surface area contributed by atoms with Crippen molar-refractivity contribution in [2.75, 3.05) is 5.32 Å². The highest BCUT2D eigenvalue weighted by Crippen LogP contribution is 2.24. The third-order valence-electron chi connectivity index (χ3n) is 4.85. The van der Waals surface area contributed by atoms with Crippen LogP contribution in [0.4, 0.5) is 5.69 Å². The Labute approximate surface area is 142 Å². The van der Waals surface area contributed by atoms with Crippen molar-refractivity contribution in [1.82, 2.24) is 5.32 Å². The van der Waals surface area contributed by atoms with Crippen molar-refractivity contribution in [3.05, 3.63) is 29.3 Å². The quantitative estimate of drug-likeness (QED) is 0.644. The van der Waals surface area contributed by atoms with Crippen molar-refractivity contribution < 1.29 is 14.4 Å². The van der Waals surface area contributed by atoms with Crippen molar-refractivity contribution in [2.24, 2.45) is 0 Å². The fourth-order valence-corrected chi connectivity index (χ4v) is 3.50. The average Bonchev–Trinajstić information content (AvgIpc) is 2.75. The number of carbonyl (C=O) groups excluding carboxylic acids is 3. The van der Waals surface area contributed by atoms with Gasteiger partial charge >= 0.3 is 0 Å². The topological polar surface area (TPSA) is 75.3 Å². The molecule has 2 N–H and O–H groups in total. The highest BCUT2D eigenvalue weighted by molar-refractivity contribution is 6.02. The number of hydrogen-bond acceptors (Lipinski definition) is 3. The summed E-state index contributed by atoms with van der Waals surface area (Å²) in [6, 6.07) is 5.51. The van der Waals surface area contributed by atoms with E-state index in [-0.39, 0.29) is 36.5 Å². The molecule has 5 nitrogen and oxygen atoms in total. The summed E-state index contributed by atoms with van der Waals surface area (Å²) in [4.78, 5) is 35.7. The minimum Gasteiger partial charge on any atom is -0.353 e. The Bertz CT molecular complexity index is 646. The SMILES string of the molecule is O=C1Cc2cc(C(=O)CCC(=O)NC3CCCCCC3)ccc2N1. The first kappa shape index (κ1) is 16.7. The molecule has 1 aliphatic heterocycles. The Balaban J connectivity index is 1.49. The van der Waals surface area contributed by atoms with Crippen molar-refractivity contribution in [3.63, 3.8) is 0 Å². The Morgan fingerprint density at radius 2 is 1.83 bits per heavy atom. The van der Waals surface area contributed by atoms with Gasteiger partial charge in [0.05, 0.1) is 6.42 Å². The zero-order chi connectivity index (χ0) is 16.9. The average molecular weight is 328 g/mol. The van der Waals surface area contributed by atoms with Crippen LogP contribution in [0.5, 0.6) is 0 Å². The van der Waals surface area contributed by atoms with Gasteiger partial charge in [0.1, 0.15) is 0 Å². The molecule has 5 heteroatoms. The molecule has 128 valence electrons. The van der Waals surface area contributed by atoms with Crippen LogP contribution in [0.1, 0.15) is 67.3 Å². The van der Waals surface area contributed by atoms with E-state index in [4.69, 9.17) is 0 Å². The molecule has 0 unspecified atom stereocenters. The molecule has 1 aliphatic carbocycles. The maximum atomic E-state index is 12.3. The number of hydrogen-bond donors (Lipinski definition) is 2. The lowest BCUT2D eigenvalue weighted by Gasteiger charge is -2.16. The molecule has 1 saturated carbocycles. The molecule has 0 bridgehead atoms. The predicted molar refractivity (Wildman–Crippen MR) is 92.0 cm³/mol. The van der Waals surface area contributed by atoms with Gasteiger partial charge in [0.2, 0.25) is 11.8 Å². The van der Waals surface area contributed by atoms with Crippen molar-refractivity contribution in [2.45, 2.75) is 63.8 Å². The molecule has 1 fully saturated rings. The molecule has 1 aromatic rings. The van der Waals surface area contributed by atoms with E-state index in [2.05, 4.69) is 10.6 Å². The predicted octanol–water partition coefficient (Wildman–Crippen LogP) is 2.98. The second-order valence-corrected chi connectivity index (χ2v) is 6.78. The minimum atomic E-state index is -0.0480. The molecule has 0 aromatic heterocycles. The largest absolute Gasteiger partial charge is 0.353 e.